The molecule has 1 aliphatic heterocycles. The third-order valence-electron chi connectivity index (χ3n) is 4.52. The molecule has 3 rings (SSSR count). The van der Waals surface area contributed by atoms with Gasteiger partial charge in [0.1, 0.15) is 0 Å². The van der Waals surface area contributed by atoms with Crippen LogP contribution in [-0.2, 0) is 6.18 Å². The first-order valence-electron chi connectivity index (χ1n) is 8.73. The molecule has 0 spiro atoms. The summed E-state index contributed by atoms with van der Waals surface area (Å²) in [6.45, 7) is 1.36. The standard InChI is InChI=1S/C20H19F3N2O2/c21-20(22,23)15-10-8-14(9-11-15)18(26)24-17-7-3-2-6-16(17)19(27)25-12-4-1-5-13-25/h2-3,6-11H,1,4-5,12-13H2,(H,24,26). The fourth-order valence-electron chi connectivity index (χ4n) is 3.05. The molecule has 1 saturated heterocycles. The topological polar surface area (TPSA) is 49.4 Å². The van der Waals surface area contributed by atoms with Crippen LogP contribution in [0.5, 0.6) is 0 Å². The van der Waals surface area contributed by atoms with Crippen LogP contribution < -0.4 is 5.32 Å². The maximum atomic E-state index is 12.7. The number of nitrogens with zero attached hydrogens (tertiary/aromatic N) is 1. The number of nitrogens with one attached hydrogen (secondary N) is 1. The van der Waals surface area contributed by atoms with E-state index in [4.69, 9.17) is 0 Å². The number of halogens is 3. The lowest BCUT2D eigenvalue weighted by Crippen LogP contribution is -2.36. The molecule has 0 atom stereocenters. The maximum absolute atomic E-state index is 12.7. The molecule has 0 aliphatic carbocycles. The Bertz CT molecular complexity index is 826. The number of likely N-dealkylation sites (tertiary alicyclic amines) is 1. The molecule has 1 heterocycles. The van der Waals surface area contributed by atoms with Gasteiger partial charge < -0.3 is 10.2 Å². The van der Waals surface area contributed by atoms with Gasteiger partial charge in [0.05, 0.1) is 16.8 Å². The summed E-state index contributed by atoms with van der Waals surface area (Å²) in [5, 5.41) is 2.64. The Labute approximate surface area is 155 Å². The lowest BCUT2D eigenvalue weighted by molar-refractivity contribution is -0.137. The molecule has 0 bridgehead atoms. The smallest absolute Gasteiger partial charge is 0.339 e. The Balaban J connectivity index is 1.77. The molecule has 27 heavy (non-hydrogen) atoms. The zero-order chi connectivity index (χ0) is 19.4. The number of rotatable bonds is 3. The number of carbonyl (C=O) groups is 2. The summed E-state index contributed by atoms with van der Waals surface area (Å²) < 4.78 is 37.9. The van der Waals surface area contributed by atoms with E-state index in [2.05, 4.69) is 5.32 Å². The number of hydrogen-bond donors (Lipinski definition) is 1. The van der Waals surface area contributed by atoms with E-state index in [1.165, 1.54) is 0 Å². The largest absolute Gasteiger partial charge is 0.416 e. The van der Waals surface area contributed by atoms with E-state index in [1.807, 2.05) is 0 Å². The molecule has 2 aromatic carbocycles. The van der Waals surface area contributed by atoms with Gasteiger partial charge >= 0.3 is 6.18 Å². The number of alkyl halides is 3. The Kier molecular flexibility index (Phi) is 5.48. The Morgan fingerprint density at radius 1 is 0.889 bits per heavy atom. The van der Waals surface area contributed by atoms with Crippen LogP contribution in [0.2, 0.25) is 0 Å². The number of hydrogen-bond acceptors (Lipinski definition) is 2. The predicted molar refractivity (Wildman–Crippen MR) is 95.6 cm³/mol. The van der Waals surface area contributed by atoms with Gasteiger partial charge in [0.25, 0.3) is 11.8 Å². The van der Waals surface area contributed by atoms with Gasteiger partial charge in [-0.15, -0.1) is 0 Å². The lowest BCUT2D eigenvalue weighted by atomic mass is 10.1. The summed E-state index contributed by atoms with van der Waals surface area (Å²) in [7, 11) is 0. The van der Waals surface area contributed by atoms with Crippen molar-refractivity contribution in [2.75, 3.05) is 18.4 Å². The molecule has 7 heteroatoms. The van der Waals surface area contributed by atoms with E-state index in [0.717, 1.165) is 43.5 Å². The first kappa shape index (κ1) is 18.9. The van der Waals surface area contributed by atoms with Crippen LogP contribution in [0.15, 0.2) is 48.5 Å². The first-order valence-corrected chi connectivity index (χ1v) is 8.73. The normalized spacial score (nSPS) is 14.7. The van der Waals surface area contributed by atoms with Crippen LogP contribution in [0.1, 0.15) is 45.5 Å². The molecule has 0 aromatic heterocycles. The highest BCUT2D eigenvalue weighted by molar-refractivity contribution is 6.09. The number of para-hydroxylation sites is 1. The van der Waals surface area contributed by atoms with E-state index in [-0.39, 0.29) is 11.5 Å². The van der Waals surface area contributed by atoms with Crippen LogP contribution >= 0.6 is 0 Å². The number of carbonyl (C=O) groups excluding carboxylic acids is 2. The summed E-state index contributed by atoms with van der Waals surface area (Å²) in [4.78, 5) is 26.9. The van der Waals surface area contributed by atoms with Crippen molar-refractivity contribution >= 4 is 17.5 Å². The Hall–Kier alpha value is -2.83. The van der Waals surface area contributed by atoms with Gasteiger partial charge in [-0.25, -0.2) is 0 Å². The van der Waals surface area contributed by atoms with Crippen molar-refractivity contribution < 1.29 is 22.8 Å². The summed E-state index contributed by atoms with van der Waals surface area (Å²) >= 11 is 0. The summed E-state index contributed by atoms with van der Waals surface area (Å²) in [6, 6.07) is 10.6. The Morgan fingerprint density at radius 2 is 1.52 bits per heavy atom. The minimum absolute atomic E-state index is 0.0863. The van der Waals surface area contributed by atoms with Gasteiger partial charge in [-0.05, 0) is 55.7 Å². The molecular formula is C20H19F3N2O2. The van der Waals surface area contributed by atoms with E-state index in [0.29, 0.717) is 24.3 Å². The second-order valence-corrected chi connectivity index (χ2v) is 6.43. The lowest BCUT2D eigenvalue weighted by Gasteiger charge is -2.27. The van der Waals surface area contributed by atoms with E-state index in [1.54, 1.807) is 29.2 Å². The molecule has 0 radical (unpaired) electrons. The zero-order valence-electron chi connectivity index (χ0n) is 14.6. The van der Waals surface area contributed by atoms with Gasteiger partial charge in [0.2, 0.25) is 0 Å². The van der Waals surface area contributed by atoms with E-state index < -0.39 is 17.6 Å². The SMILES string of the molecule is O=C(Nc1ccccc1C(=O)N1CCCCC1)c1ccc(C(F)(F)F)cc1. The summed E-state index contributed by atoms with van der Waals surface area (Å²) in [5.41, 5.74) is -0.0133. The van der Waals surface area contributed by atoms with Crippen molar-refractivity contribution in [1.29, 1.82) is 0 Å². The number of anilines is 1. The van der Waals surface area contributed by atoms with Gasteiger partial charge in [-0.1, -0.05) is 12.1 Å². The van der Waals surface area contributed by atoms with Crippen LogP contribution in [0.4, 0.5) is 18.9 Å². The Morgan fingerprint density at radius 3 is 2.15 bits per heavy atom. The second-order valence-electron chi connectivity index (χ2n) is 6.43. The number of amides is 2. The molecule has 4 nitrogen and oxygen atoms in total. The second kappa shape index (κ2) is 7.82. The number of piperidine rings is 1. The van der Waals surface area contributed by atoms with Crippen LogP contribution in [0, 0.1) is 0 Å². The minimum Gasteiger partial charge on any atom is -0.339 e. The van der Waals surface area contributed by atoms with Gasteiger partial charge in [-0.3, -0.25) is 9.59 Å². The van der Waals surface area contributed by atoms with Crippen LogP contribution in [-0.4, -0.2) is 29.8 Å². The van der Waals surface area contributed by atoms with Gasteiger partial charge in [0.15, 0.2) is 0 Å². The highest BCUT2D eigenvalue weighted by atomic mass is 19.4. The highest BCUT2D eigenvalue weighted by Crippen LogP contribution is 2.29. The summed E-state index contributed by atoms with van der Waals surface area (Å²) in [6.07, 6.45) is -1.46. The van der Waals surface area contributed by atoms with Crippen molar-refractivity contribution in [2.45, 2.75) is 25.4 Å². The molecule has 1 fully saturated rings. The maximum Gasteiger partial charge on any atom is 0.416 e. The highest BCUT2D eigenvalue weighted by Gasteiger charge is 2.30. The van der Waals surface area contributed by atoms with Crippen molar-refractivity contribution in [2.24, 2.45) is 0 Å². The number of benzene rings is 2. The average Bonchev–Trinajstić information content (AvgIpc) is 2.68. The van der Waals surface area contributed by atoms with Crippen LogP contribution in [0.3, 0.4) is 0 Å². The van der Waals surface area contributed by atoms with Gasteiger partial charge in [0, 0.05) is 18.7 Å². The molecule has 0 unspecified atom stereocenters. The fraction of sp³-hybridized carbons (Fsp3) is 0.300. The monoisotopic (exact) mass is 376 g/mol. The van der Waals surface area contributed by atoms with Crippen LogP contribution in [0.25, 0.3) is 0 Å². The molecule has 1 aliphatic rings. The predicted octanol–water partition coefficient (Wildman–Crippen LogP) is 4.58. The van der Waals surface area contributed by atoms with Crippen molar-refractivity contribution in [3.05, 3.63) is 65.2 Å². The van der Waals surface area contributed by atoms with Crippen molar-refractivity contribution in [3.8, 4) is 0 Å². The quantitative estimate of drug-likeness (QED) is 0.852. The van der Waals surface area contributed by atoms with Crippen molar-refractivity contribution in [1.82, 2.24) is 4.90 Å². The summed E-state index contributed by atoms with van der Waals surface area (Å²) in [5.74, 6) is -0.722. The minimum atomic E-state index is -4.46. The van der Waals surface area contributed by atoms with Gasteiger partial charge in [-0.2, -0.15) is 13.2 Å². The zero-order valence-corrected chi connectivity index (χ0v) is 14.6. The third kappa shape index (κ3) is 4.48. The molecule has 1 N–H and O–H groups in total. The van der Waals surface area contributed by atoms with E-state index in [9.17, 15) is 22.8 Å². The molecule has 142 valence electrons. The fourth-order valence-corrected chi connectivity index (χ4v) is 3.05. The van der Waals surface area contributed by atoms with Crippen molar-refractivity contribution in [3.63, 3.8) is 0 Å². The molecule has 2 aromatic rings. The molecular weight excluding hydrogens is 357 g/mol. The molecule has 2 amide bonds. The average molecular weight is 376 g/mol. The third-order valence-corrected chi connectivity index (χ3v) is 4.52. The first-order chi connectivity index (χ1) is 12.9. The molecule has 0 saturated carbocycles. The van der Waals surface area contributed by atoms with E-state index >= 15 is 0 Å².